The van der Waals surface area contributed by atoms with Crippen molar-refractivity contribution in [3.63, 3.8) is 0 Å². The first-order chi connectivity index (χ1) is 65.9. The van der Waals surface area contributed by atoms with E-state index in [1.54, 1.807) is 0 Å². The fourth-order valence-corrected chi connectivity index (χ4v) is 23.3. The lowest BCUT2D eigenvalue weighted by Crippen LogP contribution is -2.41. The number of halogens is 1. The molecule has 1 fully saturated rings. The molecule has 1 aliphatic heterocycles. The molecule has 1 saturated heterocycles. The Morgan fingerprint density at radius 2 is 0.493 bits per heavy atom. The van der Waals surface area contributed by atoms with Crippen molar-refractivity contribution in [2.24, 2.45) is 0 Å². The van der Waals surface area contributed by atoms with Gasteiger partial charge in [-0.3, -0.25) is 9.13 Å². The third kappa shape index (κ3) is 11.2. The summed E-state index contributed by atoms with van der Waals surface area (Å²) in [6.45, 7) is 8.49. The average molecular weight is 1740 g/mol. The van der Waals surface area contributed by atoms with Gasteiger partial charge in [0.1, 0.15) is 0 Å². The van der Waals surface area contributed by atoms with Crippen LogP contribution in [0.25, 0.3) is 199 Å². The van der Waals surface area contributed by atoms with Crippen molar-refractivity contribution in [3.05, 3.63) is 462 Å². The predicted molar refractivity (Wildman–Crippen MR) is 549 cm³/mol. The zero-order chi connectivity index (χ0) is 89.0. The fourth-order valence-electron chi connectivity index (χ4n) is 23.1. The fraction of sp³-hybridized carbons (Fsp3) is 0.0656. The molecular formula is C122H80BClN8O2. The van der Waals surface area contributed by atoms with Crippen molar-refractivity contribution in [3.8, 4) is 90.6 Å². The summed E-state index contributed by atoms with van der Waals surface area (Å²) in [6.07, 6.45) is 0. The Balaban J connectivity index is 0.000000111. The van der Waals surface area contributed by atoms with Gasteiger partial charge in [-0.25, -0.2) is 4.98 Å². The zero-order valence-corrected chi connectivity index (χ0v) is 74.4. The number of rotatable bonds is 6. The molecule has 0 saturated carbocycles. The van der Waals surface area contributed by atoms with Gasteiger partial charge in [0.15, 0.2) is 17.5 Å². The van der Waals surface area contributed by atoms with Gasteiger partial charge in [-0.2, -0.15) is 24.9 Å². The van der Waals surface area contributed by atoms with Crippen LogP contribution in [0.4, 0.5) is 0 Å². The predicted octanol–water partition coefficient (Wildman–Crippen LogP) is 29.2. The van der Waals surface area contributed by atoms with Gasteiger partial charge in [-0.1, -0.05) is 358 Å². The van der Waals surface area contributed by atoms with Gasteiger partial charge in [-0.15, -0.1) is 0 Å². The van der Waals surface area contributed by atoms with Crippen molar-refractivity contribution in [2.45, 2.75) is 49.7 Å². The smallest absolute Gasteiger partial charge is 0.399 e. The minimum atomic E-state index is -0.514. The molecule has 29 rings (SSSR count). The molecule has 0 atom stereocenters. The molecule has 630 valence electrons. The van der Waals surface area contributed by atoms with Gasteiger partial charge >= 0.3 is 7.12 Å². The maximum Gasteiger partial charge on any atom is 0.494 e. The summed E-state index contributed by atoms with van der Waals surface area (Å²) in [6, 6.07) is 149. The van der Waals surface area contributed by atoms with Gasteiger partial charge in [0, 0.05) is 38.2 Å². The molecule has 2 spiro atoms. The Bertz CT molecular complexity index is 8950. The molecular weight excluding hydrogens is 1660 g/mol. The molecule has 12 heteroatoms. The van der Waals surface area contributed by atoms with Crippen molar-refractivity contribution < 1.29 is 9.31 Å². The first kappa shape index (κ1) is 77.8. The van der Waals surface area contributed by atoms with E-state index in [9.17, 15) is 0 Å². The Hall–Kier alpha value is -16.1. The number of nitrogens with zero attached hydrogens (tertiary/aromatic N) is 8. The highest BCUT2D eigenvalue weighted by molar-refractivity contribution is 6.62. The summed E-state index contributed by atoms with van der Waals surface area (Å²) in [5.74, 6) is 2.92. The summed E-state index contributed by atoms with van der Waals surface area (Å²) in [7, 11) is -0.427. The standard InChI is InChI=1S/C58H34N4.C43H33BO2.C21H13ClN4/c1-2-16-35(17-3-1)55-59-56(61-57(60-55)62-53-28-14-10-24-43(53)44-25-11-15-29-54(44)62)36-30-31-51-47(32-36)48-33-45-39-20-6-4-18-37(39)38-19-5-7-21-40(38)46(45)34-52(48)58(51)49-26-12-8-22-41(49)42-23-9-13-27-50(42)58;1-41(2)42(3,4)46-44(45-41)26-21-22-39-35(23-26)36-24-33-29-15-7-5-13-27(29)28-14-6-8-16-30(28)34(33)25-40(36)43(39)37-19-11-9-17-31(37)32-18-10-12-20-38(32)43;22-20-23-19(14-8-2-1-3-9-14)24-21(25-20)26-17-12-6-4-10-15(17)16-11-5-7-13-18(16)26/h1-34H;5-25H,1-4H3;1-13H. The third-order valence-corrected chi connectivity index (χ3v) is 29.7. The molecule has 0 unspecified atom stereocenters. The van der Waals surface area contributed by atoms with E-state index in [1.807, 2.05) is 77.4 Å². The van der Waals surface area contributed by atoms with E-state index in [0.717, 1.165) is 65.8 Å². The second-order valence-corrected chi connectivity index (χ2v) is 37.2. The average Bonchev–Trinajstić information content (AvgIpc) is 1.50. The molecule has 5 aliphatic rings. The largest absolute Gasteiger partial charge is 0.494 e. The van der Waals surface area contributed by atoms with Gasteiger partial charge in [0.05, 0.1) is 44.1 Å². The number of benzene rings is 20. The van der Waals surface area contributed by atoms with Crippen LogP contribution in [0.15, 0.2) is 413 Å². The van der Waals surface area contributed by atoms with Crippen LogP contribution < -0.4 is 5.46 Å². The quantitative estimate of drug-likeness (QED) is 0.120. The van der Waals surface area contributed by atoms with Crippen LogP contribution in [0.2, 0.25) is 5.28 Å². The second kappa shape index (κ2) is 29.4. The van der Waals surface area contributed by atoms with Crippen LogP contribution in [0.1, 0.15) is 72.2 Å². The molecule has 0 bridgehead atoms. The number of hydrogen-bond acceptors (Lipinski definition) is 8. The SMILES string of the molecule is CC1(C)OB(c2ccc3c(c2)-c2cc4c5ccccc5c5ccccc5c4cc2C32c3ccccc3-c3ccccc32)OC1(C)C.Clc1nc(-c2ccccc2)nc(-n2c3ccccc3c3ccccc32)n1.c1ccc(-c2nc(-c3ccc4c(c3)-c3cc5c6ccccc6c6ccccc6c5cc3C43c4ccccc4-c4ccccc43)nc(-n3c4ccccc4c4ccccc43)n2)cc1. The minimum absolute atomic E-state index is 0.177. The van der Waals surface area contributed by atoms with Crippen LogP contribution in [0.3, 0.4) is 0 Å². The highest BCUT2D eigenvalue weighted by Crippen LogP contribution is 2.66. The molecule has 0 radical (unpaired) electrons. The Labute approximate surface area is 777 Å². The molecule has 4 aliphatic carbocycles. The Morgan fingerprint density at radius 1 is 0.216 bits per heavy atom. The van der Waals surface area contributed by atoms with Crippen LogP contribution in [0.5, 0.6) is 0 Å². The molecule has 0 N–H and O–H groups in total. The molecule has 134 heavy (non-hydrogen) atoms. The molecule has 20 aromatic carbocycles. The van der Waals surface area contributed by atoms with E-state index in [-0.39, 0.29) is 5.28 Å². The summed E-state index contributed by atoms with van der Waals surface area (Å²) in [5.41, 5.74) is 27.0. The van der Waals surface area contributed by atoms with Crippen LogP contribution >= 0.6 is 11.6 Å². The first-order valence-corrected chi connectivity index (χ1v) is 46.3. The Kier molecular flexibility index (Phi) is 17.1. The lowest BCUT2D eigenvalue weighted by molar-refractivity contribution is 0.00578. The molecule has 5 heterocycles. The highest BCUT2D eigenvalue weighted by Gasteiger charge is 2.56. The maximum absolute atomic E-state index is 6.58. The van der Waals surface area contributed by atoms with E-state index in [2.05, 4.69) is 382 Å². The number of para-hydroxylation sites is 4. The summed E-state index contributed by atoms with van der Waals surface area (Å²) < 4.78 is 17.4. The zero-order valence-electron chi connectivity index (χ0n) is 73.6. The van der Waals surface area contributed by atoms with Gasteiger partial charge in [-0.05, 0) is 253 Å². The highest BCUT2D eigenvalue weighted by atomic mass is 35.5. The van der Waals surface area contributed by atoms with E-state index in [4.69, 9.17) is 40.8 Å². The van der Waals surface area contributed by atoms with E-state index < -0.39 is 29.2 Å². The summed E-state index contributed by atoms with van der Waals surface area (Å²) >= 11 is 6.24. The first-order valence-electron chi connectivity index (χ1n) is 45.9. The van der Waals surface area contributed by atoms with Crippen LogP contribution in [0, 0.1) is 0 Å². The maximum atomic E-state index is 6.58. The van der Waals surface area contributed by atoms with Crippen molar-refractivity contribution in [1.82, 2.24) is 39.0 Å². The van der Waals surface area contributed by atoms with E-state index in [1.165, 1.54) is 154 Å². The second-order valence-electron chi connectivity index (χ2n) is 36.9. The number of fused-ring (bicyclic) bond motifs is 38. The Morgan fingerprint density at radius 3 is 0.873 bits per heavy atom. The van der Waals surface area contributed by atoms with Gasteiger partial charge < -0.3 is 9.31 Å². The molecule has 4 aromatic heterocycles. The normalized spacial score (nSPS) is 14.5. The van der Waals surface area contributed by atoms with Crippen molar-refractivity contribution in [2.75, 3.05) is 0 Å². The lowest BCUT2D eigenvalue weighted by atomic mass is 9.69. The molecule has 24 aromatic rings. The summed E-state index contributed by atoms with van der Waals surface area (Å²) in [4.78, 5) is 29.3. The molecule has 10 nitrogen and oxygen atoms in total. The van der Waals surface area contributed by atoms with E-state index in [0.29, 0.717) is 29.4 Å². The van der Waals surface area contributed by atoms with Gasteiger partial charge in [0.25, 0.3) is 0 Å². The monoisotopic (exact) mass is 1730 g/mol. The summed E-state index contributed by atoms with van der Waals surface area (Å²) in [5, 5.41) is 20.2. The number of hydrogen-bond donors (Lipinski definition) is 0. The van der Waals surface area contributed by atoms with Crippen LogP contribution in [-0.4, -0.2) is 57.4 Å². The van der Waals surface area contributed by atoms with Crippen LogP contribution in [-0.2, 0) is 20.1 Å². The minimum Gasteiger partial charge on any atom is -0.399 e. The molecule has 0 amide bonds. The third-order valence-electron chi connectivity index (χ3n) is 29.6. The number of aromatic nitrogens is 8. The van der Waals surface area contributed by atoms with Crippen molar-refractivity contribution >= 4 is 132 Å². The van der Waals surface area contributed by atoms with Gasteiger partial charge in [0.2, 0.25) is 17.2 Å². The van der Waals surface area contributed by atoms with Crippen molar-refractivity contribution in [1.29, 1.82) is 0 Å². The topological polar surface area (TPSA) is 106 Å². The lowest BCUT2D eigenvalue weighted by Gasteiger charge is -2.32. The van der Waals surface area contributed by atoms with E-state index >= 15 is 0 Å².